The van der Waals surface area contributed by atoms with E-state index in [0.717, 1.165) is 24.7 Å². The summed E-state index contributed by atoms with van der Waals surface area (Å²) in [7, 11) is 0. The first-order chi connectivity index (χ1) is 11.8. The minimum absolute atomic E-state index is 0.0605. The van der Waals surface area contributed by atoms with Crippen LogP contribution in [0.2, 0.25) is 0 Å². The summed E-state index contributed by atoms with van der Waals surface area (Å²) in [5.74, 6) is 0.695. The van der Waals surface area contributed by atoms with Gasteiger partial charge in [0.05, 0.1) is 18.8 Å². The monoisotopic (exact) mass is 328 g/mol. The van der Waals surface area contributed by atoms with Crippen molar-refractivity contribution < 1.29 is 9.53 Å². The highest BCUT2D eigenvalue weighted by Gasteiger charge is 2.28. The van der Waals surface area contributed by atoms with Crippen LogP contribution in [0.3, 0.4) is 0 Å². The highest BCUT2D eigenvalue weighted by molar-refractivity contribution is 5.92. The van der Waals surface area contributed by atoms with Gasteiger partial charge in [-0.15, -0.1) is 0 Å². The summed E-state index contributed by atoms with van der Waals surface area (Å²) in [5.41, 5.74) is 1.32. The van der Waals surface area contributed by atoms with Gasteiger partial charge in [-0.3, -0.25) is 9.89 Å². The number of carbonyl (C=O) groups excluding carboxylic acids is 1. The molecule has 0 saturated carbocycles. The molecule has 4 heterocycles. The molecule has 8 heteroatoms. The van der Waals surface area contributed by atoms with Crippen LogP contribution in [0.25, 0.3) is 0 Å². The molecule has 2 aromatic heterocycles. The van der Waals surface area contributed by atoms with Crippen molar-refractivity contribution in [2.24, 2.45) is 0 Å². The van der Waals surface area contributed by atoms with Crippen molar-refractivity contribution in [3.63, 3.8) is 0 Å². The summed E-state index contributed by atoms with van der Waals surface area (Å²) in [6, 6.07) is 3.55. The fraction of sp³-hybridized carbons (Fsp3) is 0.500. The molecule has 2 aliphatic rings. The van der Waals surface area contributed by atoms with Crippen molar-refractivity contribution >= 4 is 11.9 Å². The Kier molecular flexibility index (Phi) is 4.12. The SMILES string of the molecule is O=C(c1ccn[nH]1)N1CCO[C@H](c2ccnc(N3CCCC3)n2)C1. The number of anilines is 1. The molecule has 0 aliphatic carbocycles. The third-order valence-electron chi connectivity index (χ3n) is 4.47. The van der Waals surface area contributed by atoms with Gasteiger partial charge in [-0.25, -0.2) is 9.97 Å². The second-order valence-electron chi connectivity index (χ2n) is 6.06. The molecule has 4 rings (SSSR count). The summed E-state index contributed by atoms with van der Waals surface area (Å²) in [6.07, 6.45) is 5.49. The van der Waals surface area contributed by atoms with Crippen LogP contribution in [0.4, 0.5) is 5.95 Å². The molecule has 2 saturated heterocycles. The lowest BCUT2D eigenvalue weighted by molar-refractivity contribution is -0.0249. The van der Waals surface area contributed by atoms with Crippen molar-refractivity contribution in [2.45, 2.75) is 18.9 Å². The second-order valence-corrected chi connectivity index (χ2v) is 6.06. The lowest BCUT2D eigenvalue weighted by atomic mass is 10.2. The topological polar surface area (TPSA) is 87.2 Å². The number of rotatable bonds is 3. The van der Waals surface area contributed by atoms with E-state index in [1.807, 2.05) is 6.07 Å². The first-order valence-electron chi connectivity index (χ1n) is 8.29. The van der Waals surface area contributed by atoms with Gasteiger partial charge in [-0.2, -0.15) is 5.10 Å². The molecule has 2 fully saturated rings. The Morgan fingerprint density at radius 1 is 1.21 bits per heavy atom. The van der Waals surface area contributed by atoms with Crippen LogP contribution >= 0.6 is 0 Å². The van der Waals surface area contributed by atoms with E-state index in [1.54, 1.807) is 23.4 Å². The van der Waals surface area contributed by atoms with Crippen molar-refractivity contribution in [2.75, 3.05) is 37.7 Å². The Balaban J connectivity index is 1.49. The molecule has 2 aromatic rings. The minimum atomic E-state index is -0.227. The van der Waals surface area contributed by atoms with E-state index < -0.39 is 0 Å². The quantitative estimate of drug-likeness (QED) is 0.905. The maximum atomic E-state index is 12.5. The summed E-state index contributed by atoms with van der Waals surface area (Å²) in [5, 5.41) is 6.56. The zero-order chi connectivity index (χ0) is 16.4. The van der Waals surface area contributed by atoms with Crippen molar-refractivity contribution in [1.29, 1.82) is 0 Å². The predicted octanol–water partition coefficient (Wildman–Crippen LogP) is 1.01. The summed E-state index contributed by atoms with van der Waals surface area (Å²) in [6.45, 7) is 3.54. The Morgan fingerprint density at radius 3 is 2.88 bits per heavy atom. The number of aromatic amines is 1. The zero-order valence-corrected chi connectivity index (χ0v) is 13.4. The van der Waals surface area contributed by atoms with Crippen LogP contribution in [0, 0.1) is 0 Å². The maximum absolute atomic E-state index is 12.5. The highest BCUT2D eigenvalue weighted by Crippen LogP contribution is 2.24. The predicted molar refractivity (Wildman–Crippen MR) is 86.7 cm³/mol. The molecule has 1 atom stereocenters. The molecule has 2 aliphatic heterocycles. The Hall–Kier alpha value is -2.48. The lowest BCUT2D eigenvalue weighted by Crippen LogP contribution is -2.42. The summed E-state index contributed by atoms with van der Waals surface area (Å²) in [4.78, 5) is 25.5. The van der Waals surface area contributed by atoms with Gasteiger partial charge in [0.25, 0.3) is 5.91 Å². The maximum Gasteiger partial charge on any atom is 0.272 e. The van der Waals surface area contributed by atoms with Crippen LogP contribution in [-0.4, -0.2) is 63.8 Å². The molecule has 0 unspecified atom stereocenters. The van der Waals surface area contributed by atoms with E-state index in [2.05, 4.69) is 25.1 Å². The van der Waals surface area contributed by atoms with Gasteiger partial charge >= 0.3 is 0 Å². The number of ether oxygens (including phenoxy) is 1. The number of hydrogen-bond donors (Lipinski definition) is 1. The van der Waals surface area contributed by atoms with Gasteiger partial charge in [0.15, 0.2) is 0 Å². The largest absolute Gasteiger partial charge is 0.368 e. The van der Waals surface area contributed by atoms with Crippen molar-refractivity contribution in [3.8, 4) is 0 Å². The third-order valence-corrected chi connectivity index (χ3v) is 4.47. The molecule has 1 amide bonds. The molecule has 24 heavy (non-hydrogen) atoms. The highest BCUT2D eigenvalue weighted by atomic mass is 16.5. The van der Waals surface area contributed by atoms with Gasteiger partial charge < -0.3 is 14.5 Å². The average Bonchev–Trinajstić information content (AvgIpc) is 3.35. The van der Waals surface area contributed by atoms with Crippen LogP contribution < -0.4 is 4.90 Å². The Labute approximate surface area is 139 Å². The molecule has 0 bridgehead atoms. The van der Waals surface area contributed by atoms with Crippen LogP contribution in [-0.2, 0) is 4.74 Å². The van der Waals surface area contributed by atoms with Crippen molar-refractivity contribution in [1.82, 2.24) is 25.1 Å². The number of nitrogens with zero attached hydrogens (tertiary/aromatic N) is 5. The van der Waals surface area contributed by atoms with E-state index in [4.69, 9.17) is 4.74 Å². The lowest BCUT2D eigenvalue weighted by Gasteiger charge is -2.32. The molecular weight excluding hydrogens is 308 g/mol. The van der Waals surface area contributed by atoms with E-state index >= 15 is 0 Å². The van der Waals surface area contributed by atoms with E-state index in [-0.39, 0.29) is 12.0 Å². The van der Waals surface area contributed by atoms with Gasteiger partial charge in [0.1, 0.15) is 11.8 Å². The fourth-order valence-corrected chi connectivity index (χ4v) is 3.17. The number of nitrogens with one attached hydrogen (secondary N) is 1. The third kappa shape index (κ3) is 2.96. The minimum Gasteiger partial charge on any atom is -0.368 e. The summed E-state index contributed by atoms with van der Waals surface area (Å²) >= 11 is 0. The molecule has 0 spiro atoms. The molecule has 8 nitrogen and oxygen atoms in total. The smallest absolute Gasteiger partial charge is 0.272 e. The van der Waals surface area contributed by atoms with Crippen LogP contribution in [0.1, 0.15) is 35.1 Å². The fourth-order valence-electron chi connectivity index (χ4n) is 3.17. The summed E-state index contributed by atoms with van der Waals surface area (Å²) < 4.78 is 5.85. The van der Waals surface area contributed by atoms with E-state index in [1.165, 1.54) is 12.8 Å². The molecule has 1 N–H and O–H groups in total. The normalized spacial score (nSPS) is 21.2. The van der Waals surface area contributed by atoms with Gasteiger partial charge in [-0.05, 0) is 25.0 Å². The van der Waals surface area contributed by atoms with Gasteiger partial charge in [0, 0.05) is 32.0 Å². The number of morpholine rings is 1. The van der Waals surface area contributed by atoms with Gasteiger partial charge in [0.2, 0.25) is 5.95 Å². The average molecular weight is 328 g/mol. The van der Waals surface area contributed by atoms with Crippen LogP contribution in [0.5, 0.6) is 0 Å². The Morgan fingerprint density at radius 2 is 2.08 bits per heavy atom. The van der Waals surface area contributed by atoms with Gasteiger partial charge in [-0.1, -0.05) is 0 Å². The van der Waals surface area contributed by atoms with E-state index in [9.17, 15) is 4.79 Å². The molecule has 0 radical (unpaired) electrons. The number of hydrogen-bond acceptors (Lipinski definition) is 6. The van der Waals surface area contributed by atoms with E-state index in [0.29, 0.717) is 25.4 Å². The van der Waals surface area contributed by atoms with Crippen LogP contribution in [0.15, 0.2) is 24.5 Å². The number of amides is 1. The molecule has 0 aromatic carbocycles. The first-order valence-corrected chi connectivity index (χ1v) is 8.29. The Bertz CT molecular complexity index is 698. The molecule has 126 valence electrons. The standard InChI is InChI=1S/C16H20N6O2/c23-15(13-4-6-18-20-13)22-9-10-24-14(11-22)12-3-5-17-16(19-12)21-7-1-2-8-21/h3-6,14H,1-2,7-11H2,(H,18,20)/t14-/m0/s1. The van der Waals surface area contributed by atoms with Crippen molar-refractivity contribution in [3.05, 3.63) is 35.9 Å². The zero-order valence-electron chi connectivity index (χ0n) is 13.4. The first kappa shape index (κ1) is 15.1. The molecular formula is C16H20N6O2. The number of aromatic nitrogens is 4. The number of H-pyrrole nitrogens is 1. The number of carbonyl (C=O) groups is 1. The second kappa shape index (κ2) is 6.56.